The summed E-state index contributed by atoms with van der Waals surface area (Å²) in [7, 11) is 2.03. The Hall–Kier alpha value is -2.12. The Balaban J connectivity index is 0.000000284. The minimum Gasteiger partial charge on any atom is -0.481 e. The van der Waals surface area contributed by atoms with E-state index in [1.807, 2.05) is 19.2 Å². The predicted molar refractivity (Wildman–Crippen MR) is 114 cm³/mol. The Bertz CT molecular complexity index is 876. The van der Waals surface area contributed by atoms with Gasteiger partial charge in [-0.15, -0.1) is 0 Å². The average molecular weight is 439 g/mol. The number of hydrogen-bond donors (Lipinski definition) is 4. The molecular formula is C21H24Cl2N2O4. The van der Waals surface area contributed by atoms with Crippen LogP contribution in [0, 0.1) is 0 Å². The number of halogens is 2. The number of carboxylic acid groups (broad SMARTS) is 2. The van der Waals surface area contributed by atoms with Gasteiger partial charge in [0.2, 0.25) is 0 Å². The maximum Gasteiger partial charge on any atom is 0.321 e. The Kier molecular flexibility index (Phi) is 8.46. The molecule has 0 bridgehead atoms. The second-order valence-electron chi connectivity index (χ2n) is 6.82. The maximum atomic E-state index is 9.85. The van der Waals surface area contributed by atoms with Crippen LogP contribution in [-0.2, 0) is 9.59 Å². The van der Waals surface area contributed by atoms with E-state index in [2.05, 4.69) is 35.6 Å². The van der Waals surface area contributed by atoms with Gasteiger partial charge in [-0.05, 0) is 48.7 Å². The lowest BCUT2D eigenvalue weighted by Crippen LogP contribution is -2.32. The highest BCUT2D eigenvalue weighted by molar-refractivity contribution is 6.42. The van der Waals surface area contributed by atoms with Gasteiger partial charge in [0.15, 0.2) is 0 Å². The summed E-state index contributed by atoms with van der Waals surface area (Å²) in [4.78, 5) is 19.6. The molecule has 0 heterocycles. The van der Waals surface area contributed by atoms with E-state index < -0.39 is 24.4 Å². The fourth-order valence-corrected chi connectivity index (χ4v) is 3.75. The molecule has 5 N–H and O–H groups in total. The molecule has 2 aromatic rings. The lowest BCUT2D eigenvalue weighted by Gasteiger charge is -2.32. The third-order valence-corrected chi connectivity index (χ3v) is 5.64. The van der Waals surface area contributed by atoms with Crippen molar-refractivity contribution in [1.29, 1.82) is 0 Å². The van der Waals surface area contributed by atoms with Crippen molar-refractivity contribution in [3.8, 4) is 0 Å². The molecule has 0 saturated carbocycles. The van der Waals surface area contributed by atoms with Crippen molar-refractivity contribution >= 4 is 35.1 Å². The number of nitrogens with two attached hydrogens (primary N) is 1. The minimum atomic E-state index is -1.29. The van der Waals surface area contributed by atoms with Gasteiger partial charge in [-0.25, -0.2) is 0 Å². The van der Waals surface area contributed by atoms with Crippen LogP contribution in [0.25, 0.3) is 0 Å². The van der Waals surface area contributed by atoms with Gasteiger partial charge in [-0.3, -0.25) is 9.59 Å². The quantitative estimate of drug-likeness (QED) is 0.559. The third-order valence-electron chi connectivity index (χ3n) is 4.90. The number of rotatable bonds is 5. The molecule has 1 unspecified atom stereocenters. The first-order valence-electron chi connectivity index (χ1n) is 9.15. The van der Waals surface area contributed by atoms with Crippen molar-refractivity contribution in [1.82, 2.24) is 5.32 Å². The number of carboxylic acids is 2. The Morgan fingerprint density at radius 2 is 1.76 bits per heavy atom. The minimum absolute atomic E-state index is 0.408. The van der Waals surface area contributed by atoms with Crippen molar-refractivity contribution in [2.24, 2.45) is 5.73 Å². The molecular weight excluding hydrogens is 415 g/mol. The predicted octanol–water partition coefficient (Wildman–Crippen LogP) is 4.05. The van der Waals surface area contributed by atoms with E-state index in [1.54, 1.807) is 0 Å². The van der Waals surface area contributed by atoms with Gasteiger partial charge < -0.3 is 21.3 Å². The number of carbonyl (C=O) groups is 2. The molecule has 156 valence electrons. The lowest BCUT2D eigenvalue weighted by molar-refractivity contribution is -0.144. The summed E-state index contributed by atoms with van der Waals surface area (Å²) in [6, 6.07) is 13.8. The number of benzene rings is 2. The molecule has 1 aliphatic rings. The second-order valence-corrected chi connectivity index (χ2v) is 7.63. The van der Waals surface area contributed by atoms with Crippen LogP contribution >= 0.6 is 23.2 Å². The van der Waals surface area contributed by atoms with Crippen LogP contribution < -0.4 is 11.1 Å². The van der Waals surface area contributed by atoms with E-state index in [4.69, 9.17) is 39.1 Å². The van der Waals surface area contributed by atoms with E-state index in [0.29, 0.717) is 22.0 Å². The molecule has 0 amide bonds. The van der Waals surface area contributed by atoms with Crippen molar-refractivity contribution in [2.75, 3.05) is 7.05 Å². The zero-order valence-electron chi connectivity index (χ0n) is 15.9. The number of hydrogen-bond acceptors (Lipinski definition) is 4. The molecule has 0 spiro atoms. The first-order valence-corrected chi connectivity index (χ1v) is 9.91. The molecule has 6 nitrogen and oxygen atoms in total. The van der Waals surface area contributed by atoms with E-state index >= 15 is 0 Å². The molecule has 1 aliphatic carbocycles. The topological polar surface area (TPSA) is 113 Å². The molecule has 0 aromatic heterocycles. The number of fused-ring (bicyclic) bond motifs is 1. The lowest BCUT2D eigenvalue weighted by atomic mass is 9.77. The molecule has 3 atom stereocenters. The smallest absolute Gasteiger partial charge is 0.321 e. The highest BCUT2D eigenvalue weighted by Gasteiger charge is 2.27. The number of nitrogens with one attached hydrogen (secondary N) is 1. The van der Waals surface area contributed by atoms with Crippen molar-refractivity contribution in [3.05, 3.63) is 69.2 Å². The monoisotopic (exact) mass is 438 g/mol. The van der Waals surface area contributed by atoms with Crippen LogP contribution in [0.3, 0.4) is 0 Å². The Morgan fingerprint density at radius 1 is 1.10 bits per heavy atom. The zero-order valence-corrected chi connectivity index (χ0v) is 17.5. The fraction of sp³-hybridized carbons (Fsp3) is 0.333. The van der Waals surface area contributed by atoms with Crippen molar-refractivity contribution < 1.29 is 19.8 Å². The highest BCUT2D eigenvalue weighted by atomic mass is 35.5. The molecule has 0 aliphatic heterocycles. The summed E-state index contributed by atoms with van der Waals surface area (Å²) in [5.74, 6) is -2.09. The Morgan fingerprint density at radius 3 is 2.28 bits per heavy atom. The largest absolute Gasteiger partial charge is 0.481 e. The summed E-state index contributed by atoms with van der Waals surface area (Å²) in [6.07, 6.45) is 1.73. The van der Waals surface area contributed by atoms with Crippen molar-refractivity contribution in [3.63, 3.8) is 0 Å². The van der Waals surface area contributed by atoms with Crippen LogP contribution in [0.4, 0.5) is 0 Å². The average Bonchev–Trinajstić information content (AvgIpc) is 2.69. The summed E-state index contributed by atoms with van der Waals surface area (Å²) >= 11 is 12.2. The maximum absolute atomic E-state index is 9.85. The molecule has 0 radical (unpaired) electrons. The normalized spacial score (nSPS) is 18.8. The van der Waals surface area contributed by atoms with E-state index in [-0.39, 0.29) is 0 Å². The van der Waals surface area contributed by atoms with E-state index in [1.165, 1.54) is 16.7 Å². The Labute approximate surface area is 179 Å². The molecule has 2 aromatic carbocycles. The van der Waals surface area contributed by atoms with Crippen LogP contribution in [0.2, 0.25) is 10.0 Å². The summed E-state index contributed by atoms with van der Waals surface area (Å²) in [5, 5.41) is 20.7. The molecule has 8 heteroatoms. The molecule has 3 rings (SSSR count). The van der Waals surface area contributed by atoms with Gasteiger partial charge in [-0.2, -0.15) is 0 Å². The van der Waals surface area contributed by atoms with Crippen molar-refractivity contribution in [2.45, 2.75) is 37.3 Å². The van der Waals surface area contributed by atoms with Crippen LogP contribution in [-0.4, -0.2) is 35.2 Å². The molecule has 29 heavy (non-hydrogen) atoms. The standard InChI is InChI=1S/C17H17Cl2N.C4H7NO4/c1-20-17-9-7-12(13-4-2-3-5-14(13)17)11-6-8-15(18)16(19)10-11;5-2(4(8)9)1-3(6)7/h2-6,8,10,12,17,20H,7,9H2,1H3;2H,1,5H2,(H,6,7)(H,8,9)/t12-,17-;/m0./s1. The van der Waals surface area contributed by atoms with E-state index in [9.17, 15) is 9.59 Å². The van der Waals surface area contributed by atoms with Crippen LogP contribution in [0.1, 0.15) is 47.9 Å². The summed E-state index contributed by atoms with van der Waals surface area (Å²) in [6.45, 7) is 0. The van der Waals surface area contributed by atoms with Crippen LogP contribution in [0.5, 0.6) is 0 Å². The van der Waals surface area contributed by atoms with Gasteiger partial charge >= 0.3 is 11.9 Å². The van der Waals surface area contributed by atoms with Gasteiger partial charge in [0.1, 0.15) is 6.04 Å². The fourth-order valence-electron chi connectivity index (χ4n) is 3.44. The molecule has 0 saturated heterocycles. The van der Waals surface area contributed by atoms with Gasteiger partial charge in [0.05, 0.1) is 16.5 Å². The van der Waals surface area contributed by atoms with E-state index in [0.717, 1.165) is 12.8 Å². The third kappa shape index (κ3) is 6.18. The second kappa shape index (κ2) is 10.6. The van der Waals surface area contributed by atoms with Gasteiger partial charge in [-0.1, -0.05) is 53.5 Å². The first kappa shape index (κ1) is 23.2. The summed E-state index contributed by atoms with van der Waals surface area (Å²) in [5.41, 5.74) is 8.89. The highest BCUT2D eigenvalue weighted by Crippen LogP contribution is 2.42. The SMILES string of the molecule is CN[C@H]1CC[C@@H](c2ccc(Cl)c(Cl)c2)c2ccccc21.NC(CC(=O)O)C(=O)O. The zero-order chi connectivity index (χ0) is 21.6. The first-order chi connectivity index (χ1) is 13.7. The summed E-state index contributed by atoms with van der Waals surface area (Å²) < 4.78 is 0. The van der Waals surface area contributed by atoms with Gasteiger partial charge in [0, 0.05) is 12.0 Å². The van der Waals surface area contributed by atoms with Crippen LogP contribution in [0.15, 0.2) is 42.5 Å². The molecule has 0 fully saturated rings. The van der Waals surface area contributed by atoms with Gasteiger partial charge in [0.25, 0.3) is 0 Å². The number of aliphatic carboxylic acids is 2.